The van der Waals surface area contributed by atoms with E-state index in [0.717, 1.165) is 42.0 Å². The van der Waals surface area contributed by atoms with Crippen molar-refractivity contribution in [1.29, 1.82) is 0 Å². The maximum Gasteiger partial charge on any atom is 0.256 e. The van der Waals surface area contributed by atoms with Gasteiger partial charge in [-0.05, 0) is 41.3 Å². The van der Waals surface area contributed by atoms with Crippen LogP contribution in [0, 0.1) is 6.92 Å². The fourth-order valence-corrected chi connectivity index (χ4v) is 4.64. The summed E-state index contributed by atoms with van der Waals surface area (Å²) >= 11 is 2.02. The van der Waals surface area contributed by atoms with Gasteiger partial charge >= 0.3 is 0 Å². The first-order valence-electron chi connectivity index (χ1n) is 10.1. The second-order valence-electron chi connectivity index (χ2n) is 7.40. The Morgan fingerprint density at radius 3 is 2.48 bits per heavy atom. The predicted molar refractivity (Wildman–Crippen MR) is 124 cm³/mol. The molecule has 0 atom stereocenters. The van der Waals surface area contributed by atoms with Crippen molar-refractivity contribution >= 4 is 23.4 Å². The van der Waals surface area contributed by atoms with Crippen molar-refractivity contribution in [1.82, 2.24) is 4.90 Å². The summed E-state index contributed by atoms with van der Waals surface area (Å²) in [5.74, 6) is 2.33. The summed E-state index contributed by atoms with van der Waals surface area (Å²) in [5, 5.41) is 3.15. The zero-order valence-corrected chi connectivity index (χ0v) is 17.5. The van der Waals surface area contributed by atoms with Crippen molar-refractivity contribution < 1.29 is 4.79 Å². The average molecular weight is 403 g/mol. The topological polar surface area (TPSA) is 32.3 Å². The van der Waals surface area contributed by atoms with Crippen LogP contribution >= 0.6 is 11.8 Å². The van der Waals surface area contributed by atoms with Gasteiger partial charge in [0.05, 0.1) is 0 Å². The number of aryl methyl sites for hydroxylation is 1. The number of benzene rings is 3. The van der Waals surface area contributed by atoms with E-state index in [4.69, 9.17) is 0 Å². The molecule has 1 N–H and O–H groups in total. The first-order chi connectivity index (χ1) is 14.2. The highest BCUT2D eigenvalue weighted by molar-refractivity contribution is 7.99. The molecule has 1 heterocycles. The average Bonchev–Trinajstić information content (AvgIpc) is 2.77. The molecular formula is C25H26N2OS. The highest BCUT2D eigenvalue weighted by atomic mass is 32.2. The quantitative estimate of drug-likeness (QED) is 0.615. The van der Waals surface area contributed by atoms with Gasteiger partial charge < -0.3 is 5.32 Å². The lowest BCUT2D eigenvalue weighted by Crippen LogP contribution is -2.32. The van der Waals surface area contributed by atoms with Gasteiger partial charge in [0.2, 0.25) is 0 Å². The Hall–Kier alpha value is -2.56. The maximum atomic E-state index is 13.1. The molecule has 4 rings (SSSR count). The normalized spacial score (nSPS) is 14.5. The van der Waals surface area contributed by atoms with Crippen molar-refractivity contribution in [2.24, 2.45) is 0 Å². The maximum absolute atomic E-state index is 13.1. The molecule has 1 amide bonds. The summed E-state index contributed by atoms with van der Waals surface area (Å²) in [4.78, 5) is 15.6. The molecule has 1 aliphatic rings. The van der Waals surface area contributed by atoms with E-state index in [1.54, 1.807) is 0 Å². The number of anilines is 1. The Labute approximate surface area is 177 Å². The second-order valence-corrected chi connectivity index (χ2v) is 8.63. The monoisotopic (exact) mass is 402 g/mol. The van der Waals surface area contributed by atoms with Gasteiger partial charge in [0.1, 0.15) is 0 Å². The van der Waals surface area contributed by atoms with E-state index < -0.39 is 0 Å². The van der Waals surface area contributed by atoms with Gasteiger partial charge in [-0.2, -0.15) is 11.8 Å². The molecule has 1 aliphatic heterocycles. The molecule has 1 fully saturated rings. The zero-order valence-electron chi connectivity index (χ0n) is 16.7. The lowest BCUT2D eigenvalue weighted by Gasteiger charge is -2.26. The summed E-state index contributed by atoms with van der Waals surface area (Å²) < 4.78 is 0. The largest absolute Gasteiger partial charge is 0.322 e. The van der Waals surface area contributed by atoms with Crippen LogP contribution in [-0.4, -0.2) is 35.4 Å². The van der Waals surface area contributed by atoms with Crippen LogP contribution < -0.4 is 5.32 Å². The molecule has 0 aromatic heterocycles. The summed E-state index contributed by atoms with van der Waals surface area (Å²) in [6.07, 6.45) is 0. The van der Waals surface area contributed by atoms with Gasteiger partial charge in [-0.25, -0.2) is 0 Å². The van der Waals surface area contributed by atoms with Gasteiger partial charge in [-0.15, -0.1) is 0 Å². The van der Waals surface area contributed by atoms with E-state index in [0.29, 0.717) is 5.56 Å². The lowest BCUT2D eigenvalue weighted by molar-refractivity contribution is 0.102. The van der Waals surface area contributed by atoms with Crippen LogP contribution in [0.5, 0.6) is 0 Å². The highest BCUT2D eigenvalue weighted by Gasteiger charge is 2.15. The zero-order chi connectivity index (χ0) is 20.1. The Kier molecular flexibility index (Phi) is 6.33. The SMILES string of the molecule is Cc1ccc(CN2CCSCC2)cc1NC(=O)c1ccccc1-c1ccccc1. The van der Waals surface area contributed by atoms with Gasteiger partial charge in [0.25, 0.3) is 5.91 Å². The third-order valence-electron chi connectivity index (χ3n) is 5.32. The van der Waals surface area contributed by atoms with Crippen LogP contribution in [-0.2, 0) is 6.54 Å². The molecule has 0 aliphatic carbocycles. The molecule has 148 valence electrons. The van der Waals surface area contributed by atoms with Gasteiger partial charge in [-0.1, -0.05) is 60.7 Å². The lowest BCUT2D eigenvalue weighted by atomic mass is 9.99. The molecule has 3 aromatic rings. The minimum atomic E-state index is -0.0703. The van der Waals surface area contributed by atoms with Crippen molar-refractivity contribution in [3.63, 3.8) is 0 Å². The molecule has 3 nitrogen and oxygen atoms in total. The minimum absolute atomic E-state index is 0.0703. The molecule has 4 heteroatoms. The van der Waals surface area contributed by atoms with E-state index in [1.807, 2.05) is 73.3 Å². The van der Waals surface area contributed by atoms with Crippen LogP contribution in [0.25, 0.3) is 11.1 Å². The first kappa shape index (κ1) is 19.7. The van der Waals surface area contributed by atoms with Crippen LogP contribution in [0.4, 0.5) is 5.69 Å². The Balaban J connectivity index is 1.55. The minimum Gasteiger partial charge on any atom is -0.322 e. The van der Waals surface area contributed by atoms with Crippen molar-refractivity contribution in [2.45, 2.75) is 13.5 Å². The van der Waals surface area contributed by atoms with Crippen LogP contribution in [0.15, 0.2) is 72.8 Å². The number of hydrogen-bond donors (Lipinski definition) is 1. The molecule has 0 radical (unpaired) electrons. The van der Waals surface area contributed by atoms with Crippen molar-refractivity contribution in [3.05, 3.63) is 89.5 Å². The number of nitrogens with one attached hydrogen (secondary N) is 1. The van der Waals surface area contributed by atoms with Crippen LogP contribution in [0.3, 0.4) is 0 Å². The molecule has 0 saturated carbocycles. The number of thioether (sulfide) groups is 1. The molecule has 0 bridgehead atoms. The van der Waals surface area contributed by atoms with Crippen molar-refractivity contribution in [3.8, 4) is 11.1 Å². The summed E-state index contributed by atoms with van der Waals surface area (Å²) in [5.41, 5.74) is 5.90. The van der Waals surface area contributed by atoms with E-state index in [2.05, 4.69) is 28.4 Å². The first-order valence-corrected chi connectivity index (χ1v) is 11.2. The standard InChI is InChI=1S/C25H26N2OS/c1-19-11-12-20(18-27-13-15-29-16-14-27)17-24(19)26-25(28)23-10-6-5-9-22(23)21-7-3-2-4-8-21/h2-12,17H,13-16,18H2,1H3,(H,26,28). The predicted octanol–water partition coefficient (Wildman–Crippen LogP) is 5.46. The number of amides is 1. The van der Waals surface area contributed by atoms with Gasteiger partial charge in [0, 0.05) is 42.4 Å². The van der Waals surface area contributed by atoms with E-state index in [9.17, 15) is 4.79 Å². The number of rotatable bonds is 5. The Morgan fingerprint density at radius 1 is 0.966 bits per heavy atom. The third-order valence-corrected chi connectivity index (χ3v) is 6.26. The molecule has 0 unspecified atom stereocenters. The molecule has 1 saturated heterocycles. The third kappa shape index (κ3) is 4.89. The van der Waals surface area contributed by atoms with Gasteiger partial charge in [-0.3, -0.25) is 9.69 Å². The fourth-order valence-electron chi connectivity index (χ4n) is 3.66. The highest BCUT2D eigenvalue weighted by Crippen LogP contribution is 2.26. The Morgan fingerprint density at radius 2 is 1.69 bits per heavy atom. The summed E-state index contributed by atoms with van der Waals surface area (Å²) in [6, 6.07) is 24.2. The van der Waals surface area contributed by atoms with E-state index >= 15 is 0 Å². The van der Waals surface area contributed by atoms with Crippen molar-refractivity contribution in [2.75, 3.05) is 29.9 Å². The number of carbonyl (C=O) groups excluding carboxylic acids is 1. The van der Waals surface area contributed by atoms with E-state index in [-0.39, 0.29) is 5.91 Å². The smallest absolute Gasteiger partial charge is 0.256 e. The van der Waals surface area contributed by atoms with Gasteiger partial charge in [0.15, 0.2) is 0 Å². The molecular weight excluding hydrogens is 376 g/mol. The summed E-state index contributed by atoms with van der Waals surface area (Å²) in [6.45, 7) is 5.24. The number of hydrogen-bond acceptors (Lipinski definition) is 3. The fraction of sp³-hybridized carbons (Fsp3) is 0.240. The molecule has 3 aromatic carbocycles. The molecule has 0 spiro atoms. The number of carbonyl (C=O) groups is 1. The van der Waals surface area contributed by atoms with Crippen LogP contribution in [0.1, 0.15) is 21.5 Å². The summed E-state index contributed by atoms with van der Waals surface area (Å²) in [7, 11) is 0. The van der Waals surface area contributed by atoms with E-state index in [1.165, 1.54) is 17.1 Å². The van der Waals surface area contributed by atoms with Crippen LogP contribution in [0.2, 0.25) is 0 Å². The number of nitrogens with zero attached hydrogens (tertiary/aromatic N) is 1. The molecule has 29 heavy (non-hydrogen) atoms. The Bertz CT molecular complexity index is 981. The second kappa shape index (κ2) is 9.29.